The zero-order valence-electron chi connectivity index (χ0n) is 13.7. The highest BCUT2D eigenvalue weighted by molar-refractivity contribution is 5.54. The van der Waals surface area contributed by atoms with Crippen LogP contribution in [0.15, 0.2) is 30.7 Å². The van der Waals surface area contributed by atoms with Crippen LogP contribution in [0.2, 0.25) is 0 Å². The highest BCUT2D eigenvalue weighted by Gasteiger charge is 2.32. The molecule has 2 aliphatic rings. The lowest BCUT2D eigenvalue weighted by atomic mass is 10.2. The summed E-state index contributed by atoms with van der Waals surface area (Å²) in [4.78, 5) is 11.5. The van der Waals surface area contributed by atoms with Crippen LogP contribution in [0, 0.1) is 6.92 Å². The summed E-state index contributed by atoms with van der Waals surface area (Å²) in [5, 5.41) is 6.97. The maximum Gasteiger partial charge on any atom is 0.229 e. The monoisotopic (exact) mass is 311 g/mol. The van der Waals surface area contributed by atoms with Crippen LogP contribution in [0.1, 0.15) is 18.4 Å². The Morgan fingerprint density at radius 2 is 2.04 bits per heavy atom. The van der Waals surface area contributed by atoms with Gasteiger partial charge in [0.2, 0.25) is 5.95 Å². The molecule has 2 atom stereocenters. The first-order valence-corrected chi connectivity index (χ1v) is 8.24. The van der Waals surface area contributed by atoms with Gasteiger partial charge in [-0.3, -0.25) is 0 Å². The van der Waals surface area contributed by atoms with E-state index in [1.807, 2.05) is 30.1 Å². The number of aryl methyl sites for hydroxylation is 2. The van der Waals surface area contributed by atoms with Gasteiger partial charge in [0.15, 0.2) is 12.4 Å². The smallest absolute Gasteiger partial charge is 0.229 e. The Morgan fingerprint density at radius 1 is 1.26 bits per heavy atom. The fourth-order valence-corrected chi connectivity index (χ4v) is 3.66. The predicted octanol–water partition coefficient (Wildman–Crippen LogP) is 1.29. The first-order valence-electron chi connectivity index (χ1n) is 8.24. The van der Waals surface area contributed by atoms with Crippen LogP contribution in [0.3, 0.4) is 0 Å². The molecule has 0 radical (unpaired) electrons. The third-order valence-corrected chi connectivity index (χ3v) is 4.57. The number of piperazine rings is 1. The topological polar surface area (TPSA) is 57.0 Å². The molecule has 23 heavy (non-hydrogen) atoms. The molecule has 2 N–H and O–H groups in total. The second-order valence-corrected chi connectivity index (χ2v) is 6.67. The Kier molecular flexibility index (Phi) is 3.61. The predicted molar refractivity (Wildman–Crippen MR) is 89.8 cm³/mol. The van der Waals surface area contributed by atoms with E-state index in [0.717, 1.165) is 24.6 Å². The van der Waals surface area contributed by atoms with Gasteiger partial charge in [-0.05, 0) is 31.9 Å². The SMILES string of the molecule is Cc1cc(Nc2nccc(N3C[C@H]4CC[C@@H](C3)N4)n2)c[n+](C)c1. The van der Waals surface area contributed by atoms with Gasteiger partial charge in [0.05, 0.1) is 0 Å². The molecule has 0 amide bonds. The average molecular weight is 311 g/mol. The quantitative estimate of drug-likeness (QED) is 0.837. The molecule has 0 spiro atoms. The van der Waals surface area contributed by atoms with Gasteiger partial charge in [-0.25, -0.2) is 9.55 Å². The number of fused-ring (bicyclic) bond motifs is 2. The second-order valence-electron chi connectivity index (χ2n) is 6.67. The van der Waals surface area contributed by atoms with Crippen molar-refractivity contribution in [3.63, 3.8) is 0 Å². The van der Waals surface area contributed by atoms with E-state index in [1.165, 1.54) is 18.4 Å². The molecular formula is C17H23N6+. The van der Waals surface area contributed by atoms with Crippen LogP contribution < -0.4 is 20.1 Å². The molecule has 4 rings (SSSR count). The first-order chi connectivity index (χ1) is 11.2. The molecule has 2 bridgehead atoms. The maximum absolute atomic E-state index is 4.71. The van der Waals surface area contributed by atoms with Crippen molar-refractivity contribution in [3.05, 3.63) is 36.3 Å². The first kappa shape index (κ1) is 14.4. The Balaban J connectivity index is 1.54. The molecule has 2 aromatic heterocycles. The summed E-state index contributed by atoms with van der Waals surface area (Å²) in [5.41, 5.74) is 2.21. The third-order valence-electron chi connectivity index (χ3n) is 4.57. The van der Waals surface area contributed by atoms with E-state index in [9.17, 15) is 0 Å². The molecule has 2 aliphatic heterocycles. The van der Waals surface area contributed by atoms with Crippen LogP contribution >= 0.6 is 0 Å². The van der Waals surface area contributed by atoms with Gasteiger partial charge in [-0.15, -0.1) is 0 Å². The van der Waals surface area contributed by atoms with E-state index < -0.39 is 0 Å². The van der Waals surface area contributed by atoms with E-state index >= 15 is 0 Å². The van der Waals surface area contributed by atoms with E-state index in [1.54, 1.807) is 0 Å². The molecule has 0 unspecified atom stereocenters. The highest BCUT2D eigenvalue weighted by Crippen LogP contribution is 2.24. The number of hydrogen-bond acceptors (Lipinski definition) is 5. The van der Waals surface area contributed by atoms with Crippen LogP contribution in [0.25, 0.3) is 0 Å². The molecule has 120 valence electrons. The van der Waals surface area contributed by atoms with Gasteiger partial charge in [-0.1, -0.05) is 0 Å². The molecule has 0 aliphatic carbocycles. The summed E-state index contributed by atoms with van der Waals surface area (Å²) in [5.74, 6) is 1.66. The van der Waals surface area contributed by atoms with Crippen LogP contribution in [0.5, 0.6) is 0 Å². The van der Waals surface area contributed by atoms with E-state index in [0.29, 0.717) is 18.0 Å². The summed E-state index contributed by atoms with van der Waals surface area (Å²) in [6, 6.07) is 5.32. The standard InChI is InChI=1S/C17H23N6/c1-12-7-15(9-22(2)8-12)20-17-18-6-5-16(21-17)23-10-13-3-4-14(11-23)19-13/h5-9,13-14,19H,3-4,10-11H2,1-2H3,(H,18,20,21)/q+1/t13-,14+. The van der Waals surface area contributed by atoms with Gasteiger partial charge in [0, 0.05) is 36.9 Å². The number of aromatic nitrogens is 3. The van der Waals surface area contributed by atoms with Crippen molar-refractivity contribution in [2.75, 3.05) is 23.3 Å². The Hall–Kier alpha value is -2.21. The highest BCUT2D eigenvalue weighted by atomic mass is 15.3. The molecule has 6 nitrogen and oxygen atoms in total. The summed E-state index contributed by atoms with van der Waals surface area (Å²) >= 11 is 0. The Bertz CT molecular complexity index is 684. The number of nitrogens with one attached hydrogen (secondary N) is 2. The van der Waals surface area contributed by atoms with Gasteiger partial charge < -0.3 is 15.5 Å². The minimum Gasteiger partial charge on any atom is -0.353 e. The fourth-order valence-electron chi connectivity index (χ4n) is 3.66. The van der Waals surface area contributed by atoms with Crippen molar-refractivity contribution in [1.82, 2.24) is 15.3 Å². The minimum atomic E-state index is 0.607. The lowest BCUT2D eigenvalue weighted by molar-refractivity contribution is -0.671. The molecular weight excluding hydrogens is 288 g/mol. The largest absolute Gasteiger partial charge is 0.353 e. The molecule has 0 aromatic carbocycles. The molecule has 4 heterocycles. The fraction of sp³-hybridized carbons (Fsp3) is 0.471. The minimum absolute atomic E-state index is 0.607. The number of nitrogens with zero attached hydrogens (tertiary/aromatic N) is 4. The summed E-state index contributed by atoms with van der Waals surface area (Å²) in [6.45, 7) is 4.15. The zero-order valence-corrected chi connectivity index (χ0v) is 13.7. The number of rotatable bonds is 3. The van der Waals surface area contributed by atoms with E-state index in [4.69, 9.17) is 4.98 Å². The van der Waals surface area contributed by atoms with Crippen molar-refractivity contribution >= 4 is 17.5 Å². The van der Waals surface area contributed by atoms with Crippen molar-refractivity contribution in [3.8, 4) is 0 Å². The number of pyridine rings is 1. The van der Waals surface area contributed by atoms with E-state index in [-0.39, 0.29) is 0 Å². The van der Waals surface area contributed by atoms with Gasteiger partial charge in [0.25, 0.3) is 0 Å². The van der Waals surface area contributed by atoms with Crippen LogP contribution in [0.4, 0.5) is 17.5 Å². The Morgan fingerprint density at radius 3 is 2.78 bits per heavy atom. The maximum atomic E-state index is 4.71. The molecule has 2 aromatic rings. The normalized spacial score (nSPS) is 23.1. The van der Waals surface area contributed by atoms with Gasteiger partial charge in [0.1, 0.15) is 18.6 Å². The summed E-state index contributed by atoms with van der Waals surface area (Å²) < 4.78 is 2.04. The number of anilines is 3. The average Bonchev–Trinajstić information content (AvgIpc) is 2.85. The van der Waals surface area contributed by atoms with Crippen molar-refractivity contribution in [1.29, 1.82) is 0 Å². The van der Waals surface area contributed by atoms with Gasteiger partial charge in [-0.2, -0.15) is 4.98 Å². The molecule has 2 saturated heterocycles. The summed E-state index contributed by atoms with van der Waals surface area (Å²) in [7, 11) is 2.02. The summed E-state index contributed by atoms with van der Waals surface area (Å²) in [6.07, 6.45) is 8.51. The van der Waals surface area contributed by atoms with Crippen molar-refractivity contribution in [2.45, 2.75) is 31.8 Å². The zero-order chi connectivity index (χ0) is 15.8. The Labute approximate surface area is 136 Å². The third kappa shape index (κ3) is 3.12. The lowest BCUT2D eigenvalue weighted by Crippen LogP contribution is -2.51. The lowest BCUT2D eigenvalue weighted by Gasteiger charge is -2.33. The van der Waals surface area contributed by atoms with Crippen molar-refractivity contribution < 1.29 is 4.57 Å². The second kappa shape index (κ2) is 5.77. The van der Waals surface area contributed by atoms with Gasteiger partial charge >= 0.3 is 0 Å². The molecule has 6 heteroatoms. The van der Waals surface area contributed by atoms with Crippen LogP contribution in [-0.2, 0) is 7.05 Å². The molecule has 0 saturated carbocycles. The molecule has 2 fully saturated rings. The van der Waals surface area contributed by atoms with Crippen LogP contribution in [-0.4, -0.2) is 35.1 Å². The van der Waals surface area contributed by atoms with Crippen molar-refractivity contribution in [2.24, 2.45) is 7.05 Å². The number of hydrogen-bond donors (Lipinski definition) is 2. The van der Waals surface area contributed by atoms with E-state index in [2.05, 4.69) is 39.7 Å².